The average molecular weight is 286 g/mol. The highest BCUT2D eigenvalue weighted by Gasteiger charge is 2.03. The number of aliphatic imine (C=N–C) groups is 1. The van der Waals surface area contributed by atoms with Crippen LogP contribution in [-0.2, 0) is 0 Å². The van der Waals surface area contributed by atoms with Gasteiger partial charge in [0.25, 0.3) is 11.4 Å². The van der Waals surface area contributed by atoms with Gasteiger partial charge in [-0.3, -0.25) is 20.2 Å². The summed E-state index contributed by atoms with van der Waals surface area (Å²) in [6.07, 6.45) is 1.41. The van der Waals surface area contributed by atoms with E-state index >= 15 is 0 Å². The maximum atomic E-state index is 10.5. The zero-order valence-electron chi connectivity index (χ0n) is 10.7. The summed E-state index contributed by atoms with van der Waals surface area (Å²) in [6, 6.07) is 11.6. The first-order valence-electron chi connectivity index (χ1n) is 5.84. The molecule has 0 saturated heterocycles. The molecule has 1 N–H and O–H groups in total. The van der Waals surface area contributed by atoms with Crippen LogP contribution in [0, 0.1) is 20.2 Å². The number of non-ortho nitro benzene ring substituents is 2. The number of rotatable bonds is 5. The summed E-state index contributed by atoms with van der Waals surface area (Å²) in [4.78, 5) is 24.1. The molecule has 0 saturated carbocycles. The number of nitrogens with one attached hydrogen (secondary N) is 1. The minimum absolute atomic E-state index is 0.00252. The van der Waals surface area contributed by atoms with Crippen LogP contribution in [0.15, 0.2) is 53.5 Å². The number of hydrogen-bond donors (Lipinski definition) is 1. The highest BCUT2D eigenvalue weighted by Crippen LogP contribution is 2.18. The quantitative estimate of drug-likeness (QED) is 0.392. The molecule has 0 heterocycles. The lowest BCUT2D eigenvalue weighted by molar-refractivity contribution is -0.385. The predicted molar refractivity (Wildman–Crippen MR) is 78.0 cm³/mol. The van der Waals surface area contributed by atoms with Crippen molar-refractivity contribution in [3.8, 4) is 0 Å². The Morgan fingerprint density at radius 3 is 1.81 bits per heavy atom. The van der Waals surface area contributed by atoms with Crippen LogP contribution in [-0.4, -0.2) is 16.2 Å². The molecule has 0 aliphatic carbocycles. The number of hydrogen-bond acceptors (Lipinski definition) is 5. The van der Waals surface area contributed by atoms with E-state index in [0.29, 0.717) is 11.4 Å². The van der Waals surface area contributed by atoms with Crippen molar-refractivity contribution >= 4 is 29.1 Å². The SMILES string of the molecule is O=[N+]([O-])c1ccc(N=CNc2ccc([N+](=O)[O-])cc2)cc1. The fourth-order valence-corrected chi connectivity index (χ4v) is 1.52. The van der Waals surface area contributed by atoms with Gasteiger partial charge in [-0.1, -0.05) is 0 Å². The number of anilines is 1. The summed E-state index contributed by atoms with van der Waals surface area (Å²) in [5.74, 6) is 0. The van der Waals surface area contributed by atoms with Gasteiger partial charge in [0.05, 0.1) is 21.9 Å². The van der Waals surface area contributed by atoms with Crippen LogP contribution in [0.2, 0.25) is 0 Å². The van der Waals surface area contributed by atoms with Crippen LogP contribution in [0.25, 0.3) is 0 Å². The Labute approximate surface area is 119 Å². The first kappa shape index (κ1) is 14.1. The molecule has 0 aromatic heterocycles. The van der Waals surface area contributed by atoms with Gasteiger partial charge in [0, 0.05) is 30.0 Å². The van der Waals surface area contributed by atoms with Crippen LogP contribution in [0.1, 0.15) is 0 Å². The normalized spacial score (nSPS) is 10.5. The van der Waals surface area contributed by atoms with E-state index < -0.39 is 9.85 Å². The first-order valence-corrected chi connectivity index (χ1v) is 5.84. The Morgan fingerprint density at radius 1 is 0.857 bits per heavy atom. The minimum Gasteiger partial charge on any atom is -0.346 e. The number of nitro benzene ring substituents is 2. The van der Waals surface area contributed by atoms with E-state index in [1.807, 2.05) is 0 Å². The maximum Gasteiger partial charge on any atom is 0.269 e. The fourth-order valence-electron chi connectivity index (χ4n) is 1.52. The standard InChI is InChI=1S/C13H10N4O4/c18-16(19)12-5-1-10(2-6-12)14-9-15-11-3-7-13(8-4-11)17(20)21/h1-9H,(H,14,15). The van der Waals surface area contributed by atoms with Gasteiger partial charge < -0.3 is 5.32 Å². The van der Waals surface area contributed by atoms with E-state index in [9.17, 15) is 20.2 Å². The number of nitrogens with zero attached hydrogens (tertiary/aromatic N) is 3. The van der Waals surface area contributed by atoms with E-state index in [1.165, 1.54) is 42.7 Å². The molecule has 0 aliphatic rings. The van der Waals surface area contributed by atoms with Gasteiger partial charge in [0.2, 0.25) is 0 Å². The molecule has 21 heavy (non-hydrogen) atoms. The molecule has 0 unspecified atom stereocenters. The Hall–Kier alpha value is -3.29. The molecule has 0 spiro atoms. The fraction of sp³-hybridized carbons (Fsp3) is 0. The molecule has 0 atom stereocenters. The van der Waals surface area contributed by atoms with Gasteiger partial charge in [-0.2, -0.15) is 0 Å². The van der Waals surface area contributed by atoms with Crippen molar-refractivity contribution in [2.45, 2.75) is 0 Å². The Bertz CT molecular complexity index is 680. The van der Waals surface area contributed by atoms with Crippen LogP contribution in [0.3, 0.4) is 0 Å². The van der Waals surface area contributed by atoms with Crippen molar-refractivity contribution in [1.29, 1.82) is 0 Å². The van der Waals surface area contributed by atoms with Crippen molar-refractivity contribution < 1.29 is 9.85 Å². The van der Waals surface area contributed by atoms with Crippen LogP contribution < -0.4 is 5.32 Å². The molecule has 0 bridgehead atoms. The predicted octanol–water partition coefficient (Wildman–Crippen LogP) is 3.27. The van der Waals surface area contributed by atoms with Gasteiger partial charge in [0.15, 0.2) is 0 Å². The Kier molecular flexibility index (Phi) is 4.20. The summed E-state index contributed by atoms with van der Waals surface area (Å²) in [7, 11) is 0. The number of benzene rings is 2. The topological polar surface area (TPSA) is 111 Å². The minimum atomic E-state index is -0.484. The van der Waals surface area contributed by atoms with Gasteiger partial charge in [-0.05, 0) is 24.3 Å². The molecule has 0 amide bonds. The summed E-state index contributed by atoms with van der Waals surface area (Å²) >= 11 is 0. The summed E-state index contributed by atoms with van der Waals surface area (Å²) in [6.45, 7) is 0. The second kappa shape index (κ2) is 6.24. The van der Waals surface area contributed by atoms with Gasteiger partial charge in [-0.25, -0.2) is 4.99 Å². The highest BCUT2D eigenvalue weighted by atomic mass is 16.6. The Morgan fingerprint density at radius 2 is 1.33 bits per heavy atom. The largest absolute Gasteiger partial charge is 0.346 e. The maximum absolute atomic E-state index is 10.5. The van der Waals surface area contributed by atoms with E-state index in [4.69, 9.17) is 0 Å². The van der Waals surface area contributed by atoms with E-state index in [0.717, 1.165) is 0 Å². The number of nitro groups is 2. The molecule has 2 aromatic carbocycles. The van der Waals surface area contributed by atoms with E-state index in [1.54, 1.807) is 12.1 Å². The average Bonchev–Trinajstić information content (AvgIpc) is 2.48. The first-order chi connectivity index (χ1) is 10.1. The monoisotopic (exact) mass is 286 g/mol. The van der Waals surface area contributed by atoms with Crippen molar-refractivity contribution in [1.82, 2.24) is 0 Å². The molecule has 8 nitrogen and oxygen atoms in total. The van der Waals surface area contributed by atoms with Crippen LogP contribution in [0.4, 0.5) is 22.7 Å². The zero-order chi connectivity index (χ0) is 15.2. The van der Waals surface area contributed by atoms with Crippen molar-refractivity contribution in [2.24, 2.45) is 4.99 Å². The van der Waals surface area contributed by atoms with Gasteiger partial charge >= 0.3 is 0 Å². The molecular weight excluding hydrogens is 276 g/mol. The molecule has 2 rings (SSSR count). The third kappa shape index (κ3) is 3.83. The van der Waals surface area contributed by atoms with Gasteiger partial charge in [-0.15, -0.1) is 0 Å². The molecular formula is C13H10N4O4. The van der Waals surface area contributed by atoms with Crippen molar-refractivity contribution in [2.75, 3.05) is 5.32 Å². The molecule has 8 heteroatoms. The summed E-state index contributed by atoms with van der Waals surface area (Å²) in [5, 5.41) is 23.8. The van der Waals surface area contributed by atoms with Crippen molar-refractivity contribution in [3.63, 3.8) is 0 Å². The molecule has 106 valence electrons. The second-order valence-electron chi connectivity index (χ2n) is 3.98. The lowest BCUT2D eigenvalue weighted by Crippen LogP contribution is -1.94. The smallest absolute Gasteiger partial charge is 0.269 e. The van der Waals surface area contributed by atoms with Gasteiger partial charge in [0.1, 0.15) is 0 Å². The zero-order valence-corrected chi connectivity index (χ0v) is 10.7. The molecule has 0 radical (unpaired) electrons. The second-order valence-corrected chi connectivity index (χ2v) is 3.98. The van der Waals surface area contributed by atoms with E-state index in [2.05, 4.69) is 10.3 Å². The van der Waals surface area contributed by atoms with Crippen LogP contribution in [0.5, 0.6) is 0 Å². The summed E-state index contributed by atoms with van der Waals surface area (Å²) in [5.41, 5.74) is 1.20. The molecule has 0 aliphatic heterocycles. The van der Waals surface area contributed by atoms with Crippen LogP contribution >= 0.6 is 0 Å². The Balaban J connectivity index is 1.98. The lowest BCUT2D eigenvalue weighted by atomic mass is 10.3. The molecule has 2 aromatic rings. The highest BCUT2D eigenvalue weighted by molar-refractivity contribution is 5.78. The molecule has 0 fully saturated rings. The van der Waals surface area contributed by atoms with Crippen molar-refractivity contribution in [3.05, 3.63) is 68.8 Å². The lowest BCUT2D eigenvalue weighted by Gasteiger charge is -1.99. The van der Waals surface area contributed by atoms with E-state index in [-0.39, 0.29) is 11.4 Å². The third-order valence-electron chi connectivity index (χ3n) is 2.58. The summed E-state index contributed by atoms with van der Waals surface area (Å²) < 4.78 is 0. The third-order valence-corrected chi connectivity index (χ3v) is 2.58.